The largest absolute Gasteiger partial charge is 0.490 e. The van der Waals surface area contributed by atoms with Crippen molar-refractivity contribution in [2.24, 2.45) is 0 Å². The van der Waals surface area contributed by atoms with E-state index in [-0.39, 0.29) is 0 Å². The van der Waals surface area contributed by atoms with Crippen LogP contribution in [0.3, 0.4) is 0 Å². The van der Waals surface area contributed by atoms with Gasteiger partial charge in [-0.15, -0.1) is 0 Å². The summed E-state index contributed by atoms with van der Waals surface area (Å²) in [5.74, 6) is -3.38. The highest BCUT2D eigenvalue weighted by atomic mass is 31.3. The first kappa shape index (κ1) is 24.2. The lowest BCUT2D eigenvalue weighted by Crippen LogP contribution is -2.67. The molecule has 8 N–H and O–H groups in total. The molecule has 1 heterocycles. The molecule has 1 aliphatic rings. The maximum absolute atomic E-state index is 11.8. The highest BCUT2D eigenvalue weighted by molar-refractivity contribution is 7.66. The number of aliphatic hydroxyl groups excluding tert-OH is 3. The molecule has 0 radical (unpaired) electrons. The van der Waals surface area contributed by atoms with Crippen LogP contribution in [0, 0.1) is 0 Å². The Labute approximate surface area is 144 Å². The lowest BCUT2D eigenvalue weighted by molar-refractivity contribution is -0.392. The van der Waals surface area contributed by atoms with E-state index in [9.17, 15) is 33.9 Å². The van der Waals surface area contributed by atoms with E-state index in [1.165, 1.54) is 0 Å². The molecule has 26 heavy (non-hydrogen) atoms. The number of ether oxygens (including phenoxy) is 2. The molecule has 0 bridgehead atoms. The second kappa shape index (κ2) is 8.27. The highest BCUT2D eigenvalue weighted by Crippen LogP contribution is 2.67. The maximum Gasteiger partial charge on any atom is 0.490 e. The summed E-state index contributed by atoms with van der Waals surface area (Å²) >= 11 is 0. The molecule has 0 aromatic carbocycles. The van der Waals surface area contributed by atoms with Gasteiger partial charge in [0.05, 0.1) is 6.61 Å². The summed E-state index contributed by atoms with van der Waals surface area (Å²) in [7, 11) is -16.6. The van der Waals surface area contributed by atoms with Crippen LogP contribution in [0.5, 0.6) is 0 Å². The number of hydrogen-bond acceptors (Lipinski definition) is 12. The normalized spacial score (nSPS) is 37.7. The molecule has 0 aromatic heterocycles. The molecule has 16 nitrogen and oxygen atoms in total. The zero-order chi connectivity index (χ0) is 20.6. The van der Waals surface area contributed by atoms with Gasteiger partial charge in [0.25, 0.3) is 5.79 Å². The molecule has 0 aliphatic carbocycles. The fourth-order valence-electron chi connectivity index (χ4n) is 1.88. The van der Waals surface area contributed by atoms with Crippen molar-refractivity contribution in [3.8, 4) is 0 Å². The lowest BCUT2D eigenvalue weighted by atomic mass is 9.96. The summed E-state index contributed by atoms with van der Waals surface area (Å²) < 4.78 is 53.9. The first-order valence-corrected chi connectivity index (χ1v) is 10.8. The monoisotopic (exact) mass is 450 g/mol. The van der Waals surface area contributed by atoms with Gasteiger partial charge in [0.2, 0.25) is 6.29 Å². The van der Waals surface area contributed by atoms with E-state index in [2.05, 4.69) is 17.9 Å². The molecule has 7 atom stereocenters. The Hall–Kier alpha value is 0.170. The van der Waals surface area contributed by atoms with Gasteiger partial charge in [-0.05, 0) is 0 Å². The topological polar surface area (TPSA) is 259 Å². The minimum atomic E-state index is -5.90. The zero-order valence-electron chi connectivity index (χ0n) is 12.7. The first-order chi connectivity index (χ1) is 11.6. The van der Waals surface area contributed by atoms with E-state index >= 15 is 0 Å². The molecule has 1 fully saturated rings. The van der Waals surface area contributed by atoms with E-state index in [1.54, 1.807) is 0 Å². The van der Waals surface area contributed by atoms with Crippen molar-refractivity contribution in [1.29, 1.82) is 0 Å². The molecule has 156 valence electrons. The van der Waals surface area contributed by atoms with Gasteiger partial charge >= 0.3 is 23.5 Å². The molecule has 19 heteroatoms. The number of rotatable bonds is 8. The molecule has 0 amide bonds. The van der Waals surface area contributed by atoms with Crippen LogP contribution in [-0.4, -0.2) is 84.1 Å². The first-order valence-electron chi connectivity index (χ1n) is 6.29. The maximum atomic E-state index is 11.8. The summed E-state index contributed by atoms with van der Waals surface area (Å²) in [5.41, 5.74) is 0. The lowest BCUT2D eigenvalue weighted by Gasteiger charge is -2.46. The summed E-state index contributed by atoms with van der Waals surface area (Å²) in [6, 6.07) is 0. The summed E-state index contributed by atoms with van der Waals surface area (Å²) in [4.78, 5) is 35.3. The Morgan fingerprint density at radius 3 is 2.00 bits per heavy atom. The van der Waals surface area contributed by atoms with Crippen molar-refractivity contribution in [2.45, 2.75) is 30.4 Å². The molecule has 0 saturated carbocycles. The van der Waals surface area contributed by atoms with Crippen LogP contribution in [0.15, 0.2) is 0 Å². The Morgan fingerprint density at radius 1 is 1.04 bits per heavy atom. The van der Waals surface area contributed by atoms with Crippen LogP contribution >= 0.6 is 23.5 Å². The van der Waals surface area contributed by atoms with Crippen LogP contribution < -0.4 is 0 Å². The molecule has 0 aromatic rings. The second-order valence-electron chi connectivity index (χ2n) is 4.79. The van der Waals surface area contributed by atoms with Gasteiger partial charge < -0.3 is 49.5 Å². The zero-order valence-corrected chi connectivity index (χ0v) is 15.4. The number of hydrogen-bond donors (Lipinski definition) is 8. The van der Waals surface area contributed by atoms with Gasteiger partial charge in [-0.1, -0.05) is 0 Å². The third-order valence-electron chi connectivity index (χ3n) is 2.84. The fraction of sp³-hybridized carbons (Fsp3) is 1.00. The van der Waals surface area contributed by atoms with E-state index in [0.29, 0.717) is 0 Å². The van der Waals surface area contributed by atoms with E-state index in [1.807, 2.05) is 0 Å². The van der Waals surface area contributed by atoms with Crippen LogP contribution in [-0.2, 0) is 36.3 Å². The second-order valence-corrected chi connectivity index (χ2v) is 9.14. The van der Waals surface area contributed by atoms with Crippen molar-refractivity contribution in [1.82, 2.24) is 0 Å². The molecule has 1 saturated heterocycles. The van der Waals surface area contributed by atoms with Gasteiger partial charge in [0, 0.05) is 7.11 Å². The minimum absolute atomic E-state index is 0.856. The third kappa shape index (κ3) is 6.09. The number of phosphoric ester groups is 1. The van der Waals surface area contributed by atoms with Crippen molar-refractivity contribution >= 4 is 23.5 Å². The molecular weight excluding hydrogens is 433 g/mol. The van der Waals surface area contributed by atoms with Crippen molar-refractivity contribution < 1.29 is 76.3 Å². The number of phosphoric acid groups is 3. The number of methoxy groups -OCH3 is 1. The molecule has 0 spiro atoms. The Bertz CT molecular complexity index is 627. The summed E-state index contributed by atoms with van der Waals surface area (Å²) in [6.45, 7) is -0.872. The quantitative estimate of drug-likeness (QED) is 0.136. The summed E-state index contributed by atoms with van der Waals surface area (Å²) in [6.07, 6.45) is -8.19. The Kier molecular flexibility index (Phi) is 7.70. The van der Waals surface area contributed by atoms with E-state index in [0.717, 1.165) is 7.11 Å². The third-order valence-corrected chi connectivity index (χ3v) is 6.69. The van der Waals surface area contributed by atoms with Crippen LogP contribution in [0.25, 0.3) is 0 Å². The Morgan fingerprint density at radius 2 is 1.58 bits per heavy atom. The van der Waals surface area contributed by atoms with Crippen LogP contribution in [0.2, 0.25) is 0 Å². The SMILES string of the molecule is CO[C@@H]1O[C@H](CO)[C@H](O)[C@H](O)[C@]1(O)OP(=O)(O)OP(=O)(O)OP(=O)(O)O. The average Bonchev–Trinajstić information content (AvgIpc) is 2.40. The van der Waals surface area contributed by atoms with Crippen molar-refractivity contribution in [3.63, 3.8) is 0 Å². The highest BCUT2D eigenvalue weighted by Gasteiger charge is 2.60. The summed E-state index contributed by atoms with van der Waals surface area (Å²) in [5, 5.41) is 38.8. The predicted molar refractivity (Wildman–Crippen MR) is 74.7 cm³/mol. The van der Waals surface area contributed by atoms with Gasteiger partial charge in [-0.2, -0.15) is 8.62 Å². The molecule has 1 rings (SSSR count). The van der Waals surface area contributed by atoms with Crippen molar-refractivity contribution in [2.75, 3.05) is 13.7 Å². The van der Waals surface area contributed by atoms with Gasteiger partial charge in [0.1, 0.15) is 18.3 Å². The molecule has 2 unspecified atom stereocenters. The van der Waals surface area contributed by atoms with Crippen LogP contribution in [0.4, 0.5) is 0 Å². The van der Waals surface area contributed by atoms with Gasteiger partial charge in [0.15, 0.2) is 0 Å². The minimum Gasteiger partial charge on any atom is -0.394 e. The van der Waals surface area contributed by atoms with Gasteiger partial charge in [-0.25, -0.2) is 18.2 Å². The predicted octanol–water partition coefficient (Wildman–Crippen LogP) is -2.90. The molecular formula is C7H17O16P3. The number of aliphatic hydroxyl groups is 4. The smallest absolute Gasteiger partial charge is 0.394 e. The Balaban J connectivity index is 3.06. The van der Waals surface area contributed by atoms with E-state index < -0.39 is 60.5 Å². The fourth-order valence-corrected chi connectivity index (χ4v) is 5.08. The van der Waals surface area contributed by atoms with E-state index in [4.69, 9.17) is 24.5 Å². The van der Waals surface area contributed by atoms with Gasteiger partial charge in [-0.3, -0.25) is 0 Å². The van der Waals surface area contributed by atoms with Crippen LogP contribution in [0.1, 0.15) is 0 Å². The molecule has 1 aliphatic heterocycles. The average molecular weight is 450 g/mol. The standard InChI is InChI=1S/C7H17O16P3/c1-19-6-7(11,5(10)4(9)3(2-8)20-6)21-25(15,16)23-26(17,18)22-24(12,13)14/h3-6,8-11H,2H2,1H3,(H,15,16)(H,17,18)(H2,12,13,14)/t3-,4+,5+,6-,7+/m1/s1. The van der Waals surface area contributed by atoms with Crippen molar-refractivity contribution in [3.05, 3.63) is 0 Å².